The quantitative estimate of drug-likeness (QED) is 0.557. The summed E-state index contributed by atoms with van der Waals surface area (Å²) in [5.41, 5.74) is 0.0806. The normalized spacial score (nSPS) is 10.5. The zero-order valence-electron chi connectivity index (χ0n) is 11.0. The molecule has 3 rings (SSSR count). The molecule has 3 aromatic rings. The monoisotopic (exact) mass is 280 g/mol. The van der Waals surface area contributed by atoms with Crippen molar-refractivity contribution in [2.75, 3.05) is 0 Å². The van der Waals surface area contributed by atoms with Gasteiger partial charge < -0.3 is 14.9 Å². The molecule has 21 heavy (non-hydrogen) atoms. The van der Waals surface area contributed by atoms with Crippen LogP contribution in [0.5, 0.6) is 17.2 Å². The summed E-state index contributed by atoms with van der Waals surface area (Å²) in [6.07, 6.45) is 0. The summed E-state index contributed by atoms with van der Waals surface area (Å²) in [4.78, 5) is 12.1. The first-order valence-corrected chi connectivity index (χ1v) is 6.37. The van der Waals surface area contributed by atoms with Gasteiger partial charge in [-0.3, -0.25) is 0 Å². The SMILES string of the molecule is O=C(Oc1ccccc1)c1ccc2cc(O)ccc2c1O. The number of hydrogen-bond donors (Lipinski definition) is 2. The fraction of sp³-hybridized carbons (Fsp3) is 0. The molecule has 0 saturated carbocycles. The van der Waals surface area contributed by atoms with E-state index in [-0.39, 0.29) is 17.1 Å². The molecule has 0 heterocycles. The van der Waals surface area contributed by atoms with Crippen molar-refractivity contribution >= 4 is 16.7 Å². The fourth-order valence-corrected chi connectivity index (χ4v) is 2.12. The van der Waals surface area contributed by atoms with Crippen LogP contribution in [0.3, 0.4) is 0 Å². The molecule has 0 atom stereocenters. The van der Waals surface area contributed by atoms with Gasteiger partial charge in [-0.25, -0.2) is 4.79 Å². The Hall–Kier alpha value is -3.01. The van der Waals surface area contributed by atoms with Crippen molar-refractivity contribution < 1.29 is 19.7 Å². The molecule has 0 radical (unpaired) electrons. The maximum absolute atomic E-state index is 12.1. The molecule has 0 aliphatic carbocycles. The Morgan fingerprint density at radius 3 is 2.43 bits per heavy atom. The predicted octanol–water partition coefficient (Wildman–Crippen LogP) is 3.47. The van der Waals surface area contributed by atoms with Crippen LogP contribution in [0.15, 0.2) is 60.7 Å². The van der Waals surface area contributed by atoms with Crippen LogP contribution < -0.4 is 4.74 Å². The van der Waals surface area contributed by atoms with E-state index < -0.39 is 5.97 Å². The average molecular weight is 280 g/mol. The second-order valence-electron chi connectivity index (χ2n) is 4.57. The molecule has 3 aromatic carbocycles. The van der Waals surface area contributed by atoms with Gasteiger partial charge >= 0.3 is 5.97 Å². The van der Waals surface area contributed by atoms with E-state index in [0.29, 0.717) is 16.5 Å². The standard InChI is InChI=1S/C17H12O4/c18-12-7-9-14-11(10-12)6-8-15(16(14)19)17(20)21-13-4-2-1-3-5-13/h1-10,18-19H. The molecule has 0 unspecified atom stereocenters. The lowest BCUT2D eigenvalue weighted by atomic mass is 10.1. The van der Waals surface area contributed by atoms with Gasteiger partial charge in [0, 0.05) is 5.39 Å². The number of carbonyl (C=O) groups excluding carboxylic acids is 1. The van der Waals surface area contributed by atoms with Crippen molar-refractivity contribution in [3.05, 3.63) is 66.2 Å². The molecule has 0 spiro atoms. The van der Waals surface area contributed by atoms with E-state index in [1.807, 2.05) is 6.07 Å². The first-order chi connectivity index (χ1) is 10.1. The van der Waals surface area contributed by atoms with Crippen LogP contribution in [0.1, 0.15) is 10.4 Å². The number of fused-ring (bicyclic) bond motifs is 1. The zero-order valence-corrected chi connectivity index (χ0v) is 11.0. The van der Waals surface area contributed by atoms with Crippen molar-refractivity contribution in [3.63, 3.8) is 0 Å². The second-order valence-corrected chi connectivity index (χ2v) is 4.57. The third kappa shape index (κ3) is 2.51. The van der Waals surface area contributed by atoms with E-state index in [2.05, 4.69) is 0 Å². The van der Waals surface area contributed by atoms with Crippen LogP contribution in [0, 0.1) is 0 Å². The highest BCUT2D eigenvalue weighted by molar-refractivity contribution is 6.02. The third-order valence-corrected chi connectivity index (χ3v) is 3.15. The van der Waals surface area contributed by atoms with Gasteiger partial charge in [0.1, 0.15) is 22.8 Å². The second kappa shape index (κ2) is 5.17. The summed E-state index contributed by atoms with van der Waals surface area (Å²) in [6.45, 7) is 0. The van der Waals surface area contributed by atoms with Gasteiger partial charge in [-0.05, 0) is 41.8 Å². The molecule has 0 aromatic heterocycles. The topological polar surface area (TPSA) is 66.8 Å². The van der Waals surface area contributed by atoms with E-state index in [9.17, 15) is 15.0 Å². The number of benzene rings is 3. The van der Waals surface area contributed by atoms with Crippen LogP contribution in [0.25, 0.3) is 10.8 Å². The van der Waals surface area contributed by atoms with E-state index in [1.54, 1.807) is 36.4 Å². The number of para-hydroxylation sites is 1. The minimum atomic E-state index is -0.631. The minimum absolute atomic E-state index is 0.0806. The van der Waals surface area contributed by atoms with Crippen molar-refractivity contribution in [2.45, 2.75) is 0 Å². The number of ether oxygens (including phenoxy) is 1. The van der Waals surface area contributed by atoms with E-state index in [0.717, 1.165) is 0 Å². The number of phenolic OH excluding ortho intramolecular Hbond substituents is 2. The van der Waals surface area contributed by atoms with E-state index in [4.69, 9.17) is 4.74 Å². The molecular weight excluding hydrogens is 268 g/mol. The highest BCUT2D eigenvalue weighted by atomic mass is 16.5. The molecule has 0 saturated heterocycles. The van der Waals surface area contributed by atoms with E-state index >= 15 is 0 Å². The maximum atomic E-state index is 12.1. The van der Waals surface area contributed by atoms with Crippen LogP contribution in [-0.2, 0) is 0 Å². The molecule has 0 aliphatic heterocycles. The summed E-state index contributed by atoms with van der Waals surface area (Å²) >= 11 is 0. The molecule has 4 nitrogen and oxygen atoms in total. The summed E-state index contributed by atoms with van der Waals surface area (Å²) in [7, 11) is 0. The zero-order chi connectivity index (χ0) is 14.8. The van der Waals surface area contributed by atoms with Crippen LogP contribution in [0.2, 0.25) is 0 Å². The molecule has 0 bridgehead atoms. The number of phenols is 2. The Morgan fingerprint density at radius 1 is 0.905 bits per heavy atom. The molecule has 4 heteroatoms. The van der Waals surface area contributed by atoms with E-state index in [1.165, 1.54) is 18.2 Å². The van der Waals surface area contributed by atoms with Gasteiger partial charge in [-0.15, -0.1) is 0 Å². The van der Waals surface area contributed by atoms with Crippen molar-refractivity contribution in [1.29, 1.82) is 0 Å². The van der Waals surface area contributed by atoms with Crippen LogP contribution >= 0.6 is 0 Å². The molecule has 104 valence electrons. The Labute approximate surface area is 120 Å². The first-order valence-electron chi connectivity index (χ1n) is 6.37. The van der Waals surface area contributed by atoms with Gasteiger partial charge in [0.2, 0.25) is 0 Å². The Morgan fingerprint density at radius 2 is 1.67 bits per heavy atom. The van der Waals surface area contributed by atoms with Gasteiger partial charge in [-0.2, -0.15) is 0 Å². The summed E-state index contributed by atoms with van der Waals surface area (Å²) in [6, 6.07) is 16.3. The first kappa shape index (κ1) is 13.0. The van der Waals surface area contributed by atoms with Gasteiger partial charge in [0.15, 0.2) is 0 Å². The Kier molecular flexibility index (Phi) is 3.20. The van der Waals surface area contributed by atoms with Gasteiger partial charge in [0.05, 0.1) is 0 Å². The number of carbonyl (C=O) groups is 1. The molecular formula is C17H12O4. The van der Waals surface area contributed by atoms with Crippen molar-refractivity contribution in [3.8, 4) is 17.2 Å². The number of aromatic hydroxyl groups is 2. The van der Waals surface area contributed by atoms with Crippen LogP contribution in [0.4, 0.5) is 0 Å². The van der Waals surface area contributed by atoms with Crippen molar-refractivity contribution in [1.82, 2.24) is 0 Å². The summed E-state index contributed by atoms with van der Waals surface area (Å²) in [5.74, 6) is -0.281. The molecule has 0 fully saturated rings. The molecule has 0 aliphatic rings. The minimum Gasteiger partial charge on any atom is -0.508 e. The Bertz CT molecular complexity index is 810. The maximum Gasteiger partial charge on any atom is 0.347 e. The average Bonchev–Trinajstić information content (AvgIpc) is 2.48. The highest BCUT2D eigenvalue weighted by Gasteiger charge is 2.16. The number of esters is 1. The fourth-order valence-electron chi connectivity index (χ4n) is 2.12. The van der Waals surface area contributed by atoms with Gasteiger partial charge in [0.25, 0.3) is 0 Å². The Balaban J connectivity index is 1.99. The summed E-state index contributed by atoms with van der Waals surface area (Å²) in [5, 5.41) is 20.8. The molecule has 0 amide bonds. The van der Waals surface area contributed by atoms with Crippen LogP contribution in [-0.4, -0.2) is 16.2 Å². The lowest BCUT2D eigenvalue weighted by Gasteiger charge is -2.08. The summed E-state index contributed by atoms with van der Waals surface area (Å²) < 4.78 is 5.21. The highest BCUT2D eigenvalue weighted by Crippen LogP contribution is 2.31. The lowest BCUT2D eigenvalue weighted by molar-refractivity contribution is 0.0732. The smallest absolute Gasteiger partial charge is 0.347 e. The third-order valence-electron chi connectivity index (χ3n) is 3.15. The number of rotatable bonds is 2. The largest absolute Gasteiger partial charge is 0.508 e. The predicted molar refractivity (Wildman–Crippen MR) is 78.7 cm³/mol. The number of hydrogen-bond acceptors (Lipinski definition) is 4. The lowest BCUT2D eigenvalue weighted by Crippen LogP contribution is -2.08. The molecule has 2 N–H and O–H groups in total. The van der Waals surface area contributed by atoms with Crippen molar-refractivity contribution in [2.24, 2.45) is 0 Å². The van der Waals surface area contributed by atoms with Gasteiger partial charge in [-0.1, -0.05) is 24.3 Å².